The van der Waals surface area contributed by atoms with E-state index in [0.717, 1.165) is 12.5 Å². The van der Waals surface area contributed by atoms with Gasteiger partial charge in [0.15, 0.2) is 0 Å². The highest BCUT2D eigenvalue weighted by Crippen LogP contribution is 2.23. The summed E-state index contributed by atoms with van der Waals surface area (Å²) in [6, 6.07) is 0. The summed E-state index contributed by atoms with van der Waals surface area (Å²) in [5.74, 6) is 0.749. The summed E-state index contributed by atoms with van der Waals surface area (Å²) >= 11 is 0. The normalized spacial score (nSPS) is 20.4. The van der Waals surface area contributed by atoms with Gasteiger partial charge in [0.2, 0.25) is 0 Å². The lowest BCUT2D eigenvalue weighted by Crippen LogP contribution is -2.11. The van der Waals surface area contributed by atoms with Crippen molar-refractivity contribution >= 4 is 6.72 Å². The van der Waals surface area contributed by atoms with E-state index in [9.17, 15) is 0 Å². The molecule has 0 N–H and O–H groups in total. The molecule has 1 fully saturated rings. The summed E-state index contributed by atoms with van der Waals surface area (Å²) < 4.78 is 0. The quantitative estimate of drug-likeness (QED) is 0.436. The first-order chi connectivity index (χ1) is 4.93. The van der Waals surface area contributed by atoms with Crippen LogP contribution in [-0.2, 0) is 4.84 Å². The Morgan fingerprint density at radius 2 is 2.00 bits per heavy atom. The van der Waals surface area contributed by atoms with Crippen molar-refractivity contribution in [2.75, 3.05) is 6.61 Å². The molecule has 0 unspecified atom stereocenters. The Bertz CT molecular complexity index is 97.4. The Balaban J connectivity index is 2.07. The maximum atomic E-state index is 4.89. The highest BCUT2D eigenvalue weighted by molar-refractivity contribution is 5.21. The van der Waals surface area contributed by atoms with Crippen molar-refractivity contribution in [3.63, 3.8) is 0 Å². The van der Waals surface area contributed by atoms with Crippen molar-refractivity contribution in [3.05, 3.63) is 0 Å². The number of hydrogen-bond donors (Lipinski definition) is 0. The first-order valence-electron chi connectivity index (χ1n) is 4.01. The van der Waals surface area contributed by atoms with Crippen molar-refractivity contribution < 1.29 is 4.84 Å². The predicted molar refractivity (Wildman–Crippen MR) is 42.1 cm³/mol. The summed E-state index contributed by atoms with van der Waals surface area (Å²) in [4.78, 5) is 4.89. The van der Waals surface area contributed by atoms with Gasteiger partial charge in [0, 0.05) is 6.72 Å². The van der Waals surface area contributed by atoms with Crippen molar-refractivity contribution in [1.29, 1.82) is 0 Å². The third-order valence-corrected chi connectivity index (χ3v) is 2.13. The topological polar surface area (TPSA) is 21.6 Å². The van der Waals surface area contributed by atoms with Crippen molar-refractivity contribution in [3.8, 4) is 0 Å². The molecular formula is C8H15NO. The molecule has 0 heterocycles. The average Bonchev–Trinajstić information content (AvgIpc) is 2.03. The molecule has 0 spiro atoms. The molecule has 0 bridgehead atoms. The Kier molecular flexibility index (Phi) is 3.27. The Hall–Kier alpha value is -0.530. The van der Waals surface area contributed by atoms with Gasteiger partial charge >= 0.3 is 0 Å². The highest BCUT2D eigenvalue weighted by atomic mass is 16.6. The van der Waals surface area contributed by atoms with E-state index in [1.165, 1.54) is 32.1 Å². The lowest BCUT2D eigenvalue weighted by Gasteiger charge is -2.19. The Morgan fingerprint density at radius 3 is 2.60 bits per heavy atom. The van der Waals surface area contributed by atoms with Gasteiger partial charge < -0.3 is 4.84 Å². The standard InChI is InChI=1S/C8H15NO/c1-9-10-7-8-5-3-2-4-6-8/h8H,1-7H2. The summed E-state index contributed by atoms with van der Waals surface area (Å²) in [6.07, 6.45) is 6.76. The molecule has 2 heteroatoms. The summed E-state index contributed by atoms with van der Waals surface area (Å²) in [7, 11) is 0. The maximum absolute atomic E-state index is 4.89. The second-order valence-electron chi connectivity index (χ2n) is 2.93. The minimum atomic E-state index is 0.749. The lowest BCUT2D eigenvalue weighted by molar-refractivity contribution is 0.0936. The zero-order chi connectivity index (χ0) is 7.23. The van der Waals surface area contributed by atoms with Crippen LogP contribution in [0.2, 0.25) is 0 Å². The van der Waals surface area contributed by atoms with Crippen LogP contribution in [-0.4, -0.2) is 13.3 Å². The third kappa shape index (κ3) is 2.38. The van der Waals surface area contributed by atoms with Crippen LogP contribution in [0.4, 0.5) is 0 Å². The van der Waals surface area contributed by atoms with E-state index in [1.807, 2.05) is 0 Å². The lowest BCUT2D eigenvalue weighted by atomic mass is 9.90. The molecule has 1 aliphatic carbocycles. The fourth-order valence-electron chi connectivity index (χ4n) is 1.51. The fourth-order valence-corrected chi connectivity index (χ4v) is 1.51. The molecular weight excluding hydrogens is 126 g/mol. The van der Waals surface area contributed by atoms with Crippen LogP contribution in [0.25, 0.3) is 0 Å². The summed E-state index contributed by atoms with van der Waals surface area (Å²) in [5, 5.41) is 3.38. The molecule has 0 aromatic rings. The first kappa shape index (κ1) is 7.58. The van der Waals surface area contributed by atoms with Crippen LogP contribution in [0.3, 0.4) is 0 Å². The zero-order valence-electron chi connectivity index (χ0n) is 6.38. The SMILES string of the molecule is C=NOCC1CCCCC1. The molecule has 1 saturated carbocycles. The minimum Gasteiger partial charge on any atom is -0.396 e. The zero-order valence-corrected chi connectivity index (χ0v) is 6.38. The van der Waals surface area contributed by atoms with Gasteiger partial charge in [0.1, 0.15) is 6.61 Å². The third-order valence-electron chi connectivity index (χ3n) is 2.13. The monoisotopic (exact) mass is 141 g/mol. The van der Waals surface area contributed by atoms with Gasteiger partial charge in [-0.2, -0.15) is 0 Å². The van der Waals surface area contributed by atoms with Gasteiger partial charge in [-0.1, -0.05) is 19.3 Å². The molecule has 1 aliphatic rings. The molecule has 1 rings (SSSR count). The molecule has 10 heavy (non-hydrogen) atoms. The van der Waals surface area contributed by atoms with Crippen LogP contribution in [0, 0.1) is 5.92 Å². The molecule has 0 saturated heterocycles. The molecule has 58 valence electrons. The molecule has 2 nitrogen and oxygen atoms in total. The van der Waals surface area contributed by atoms with E-state index in [1.54, 1.807) is 0 Å². The number of hydrogen-bond acceptors (Lipinski definition) is 2. The molecule has 0 aliphatic heterocycles. The maximum Gasteiger partial charge on any atom is 0.119 e. The Morgan fingerprint density at radius 1 is 1.30 bits per heavy atom. The van der Waals surface area contributed by atoms with Crippen LogP contribution in [0.15, 0.2) is 5.16 Å². The first-order valence-corrected chi connectivity index (χ1v) is 4.01. The van der Waals surface area contributed by atoms with E-state index in [-0.39, 0.29) is 0 Å². The van der Waals surface area contributed by atoms with Gasteiger partial charge in [0.05, 0.1) is 0 Å². The fraction of sp³-hybridized carbons (Fsp3) is 0.875. The van der Waals surface area contributed by atoms with E-state index >= 15 is 0 Å². The van der Waals surface area contributed by atoms with Gasteiger partial charge in [0.25, 0.3) is 0 Å². The summed E-state index contributed by atoms with van der Waals surface area (Å²) in [5.41, 5.74) is 0. The van der Waals surface area contributed by atoms with E-state index in [2.05, 4.69) is 11.9 Å². The van der Waals surface area contributed by atoms with Gasteiger partial charge in [-0.15, -0.1) is 5.16 Å². The second kappa shape index (κ2) is 4.31. The van der Waals surface area contributed by atoms with Crippen LogP contribution in [0.5, 0.6) is 0 Å². The average molecular weight is 141 g/mol. The van der Waals surface area contributed by atoms with Gasteiger partial charge in [-0.25, -0.2) is 0 Å². The van der Waals surface area contributed by atoms with E-state index in [0.29, 0.717) is 0 Å². The molecule has 0 radical (unpaired) electrons. The molecule has 0 atom stereocenters. The highest BCUT2D eigenvalue weighted by Gasteiger charge is 2.13. The van der Waals surface area contributed by atoms with Crippen LogP contribution >= 0.6 is 0 Å². The van der Waals surface area contributed by atoms with Gasteiger partial charge in [-0.05, 0) is 18.8 Å². The van der Waals surface area contributed by atoms with Gasteiger partial charge in [-0.3, -0.25) is 0 Å². The van der Waals surface area contributed by atoms with E-state index < -0.39 is 0 Å². The van der Waals surface area contributed by atoms with Crippen molar-refractivity contribution in [2.24, 2.45) is 11.1 Å². The minimum absolute atomic E-state index is 0.749. The number of nitrogens with zero attached hydrogens (tertiary/aromatic N) is 1. The number of oxime groups is 1. The molecule has 0 aromatic carbocycles. The van der Waals surface area contributed by atoms with Crippen LogP contribution < -0.4 is 0 Å². The number of rotatable bonds is 3. The Labute approximate surface area is 62.3 Å². The molecule has 0 aromatic heterocycles. The van der Waals surface area contributed by atoms with Crippen molar-refractivity contribution in [1.82, 2.24) is 0 Å². The second-order valence-corrected chi connectivity index (χ2v) is 2.93. The smallest absolute Gasteiger partial charge is 0.119 e. The largest absolute Gasteiger partial charge is 0.396 e. The summed E-state index contributed by atoms with van der Waals surface area (Å²) in [6.45, 7) is 4.05. The van der Waals surface area contributed by atoms with Crippen molar-refractivity contribution in [2.45, 2.75) is 32.1 Å². The molecule has 0 amide bonds. The van der Waals surface area contributed by atoms with E-state index in [4.69, 9.17) is 4.84 Å². The van der Waals surface area contributed by atoms with Crippen LogP contribution in [0.1, 0.15) is 32.1 Å². The predicted octanol–water partition coefficient (Wildman–Crippen LogP) is 2.20.